The van der Waals surface area contributed by atoms with E-state index in [1.165, 1.54) is 5.52 Å². The maximum atomic E-state index is 11.5. The van der Waals surface area contributed by atoms with Crippen LogP contribution < -0.4 is 10.3 Å². The van der Waals surface area contributed by atoms with E-state index in [0.717, 1.165) is 73.7 Å². The first-order chi connectivity index (χ1) is 15.7. The highest BCUT2D eigenvalue weighted by Gasteiger charge is 2.17. The van der Waals surface area contributed by atoms with Gasteiger partial charge in [0.05, 0.1) is 23.1 Å². The largest absolute Gasteiger partial charge is 0.492 e. The molecule has 4 aromatic rings. The molecular weight excluding hydrogens is 402 g/mol. The van der Waals surface area contributed by atoms with Crippen LogP contribution in [0.5, 0.6) is 5.75 Å². The maximum absolute atomic E-state index is 11.5. The number of imidazole rings is 1. The van der Waals surface area contributed by atoms with Crippen molar-refractivity contribution in [2.45, 2.75) is 13.0 Å². The van der Waals surface area contributed by atoms with Crippen LogP contribution in [0.25, 0.3) is 21.9 Å². The number of hydrogen-bond donors (Lipinski definition) is 1. The number of ether oxygens (including phenoxy) is 1. The van der Waals surface area contributed by atoms with Gasteiger partial charge < -0.3 is 14.3 Å². The fourth-order valence-electron chi connectivity index (χ4n) is 4.45. The molecule has 0 aliphatic carbocycles. The molecule has 3 heterocycles. The molecule has 0 spiro atoms. The second-order valence-electron chi connectivity index (χ2n) is 8.47. The number of H-pyrrole nitrogens is 1. The van der Waals surface area contributed by atoms with Gasteiger partial charge >= 0.3 is 0 Å². The van der Waals surface area contributed by atoms with Crippen molar-refractivity contribution in [3.05, 3.63) is 70.8 Å². The lowest BCUT2D eigenvalue weighted by atomic mass is 10.2. The zero-order valence-electron chi connectivity index (χ0n) is 18.5. The summed E-state index contributed by atoms with van der Waals surface area (Å²) in [7, 11) is 2.11. The molecule has 2 aromatic heterocycles. The van der Waals surface area contributed by atoms with Gasteiger partial charge in [-0.15, -0.1) is 0 Å². The van der Waals surface area contributed by atoms with E-state index in [0.29, 0.717) is 6.61 Å². The number of fused-ring (bicyclic) bond motifs is 2. The molecule has 166 valence electrons. The Morgan fingerprint density at radius 3 is 2.72 bits per heavy atom. The summed E-state index contributed by atoms with van der Waals surface area (Å²) in [5.41, 5.74) is 2.97. The first-order valence-corrected chi connectivity index (χ1v) is 11.3. The molecule has 32 heavy (non-hydrogen) atoms. The molecule has 0 bridgehead atoms. The van der Waals surface area contributed by atoms with Gasteiger partial charge in [0.1, 0.15) is 18.2 Å². The first-order valence-electron chi connectivity index (χ1n) is 11.3. The summed E-state index contributed by atoms with van der Waals surface area (Å²) in [5, 5.41) is 1.00. The smallest absolute Gasteiger partial charge is 0.248 e. The molecule has 1 fully saturated rings. The SMILES string of the molecule is Cn1c(CN2CCCN(CCOc3ccc4ccc(=O)[nH]c4c3)CC2)nc2ccccc21. The fourth-order valence-corrected chi connectivity index (χ4v) is 4.45. The summed E-state index contributed by atoms with van der Waals surface area (Å²) in [6, 6.07) is 17.5. The van der Waals surface area contributed by atoms with E-state index in [1.807, 2.05) is 30.3 Å². The Balaban J connectivity index is 1.13. The number of nitrogens with one attached hydrogen (secondary N) is 1. The van der Waals surface area contributed by atoms with Gasteiger partial charge in [-0.1, -0.05) is 12.1 Å². The zero-order valence-corrected chi connectivity index (χ0v) is 18.5. The van der Waals surface area contributed by atoms with Crippen molar-refractivity contribution < 1.29 is 4.74 Å². The second-order valence-corrected chi connectivity index (χ2v) is 8.47. The standard InChI is InChI=1S/C25H29N5O2/c1-28-23-6-3-2-5-21(23)26-24(28)18-30-12-4-11-29(13-14-30)15-16-32-20-9-7-19-8-10-25(31)27-22(19)17-20/h2-3,5-10,17H,4,11-16,18H2,1H3,(H,27,31). The van der Waals surface area contributed by atoms with Gasteiger partial charge in [-0.2, -0.15) is 0 Å². The predicted molar refractivity (Wildman–Crippen MR) is 127 cm³/mol. The quantitative estimate of drug-likeness (QED) is 0.508. The highest BCUT2D eigenvalue weighted by molar-refractivity contribution is 5.79. The number of aromatic nitrogens is 3. The summed E-state index contributed by atoms with van der Waals surface area (Å²) in [4.78, 5) is 24.2. The molecule has 2 aromatic carbocycles. The Hall–Kier alpha value is -3.16. The first kappa shape index (κ1) is 20.7. The van der Waals surface area contributed by atoms with Gasteiger partial charge in [0.25, 0.3) is 0 Å². The van der Waals surface area contributed by atoms with Crippen LogP contribution in [0.3, 0.4) is 0 Å². The van der Waals surface area contributed by atoms with Crippen molar-refractivity contribution in [1.82, 2.24) is 24.3 Å². The molecule has 1 N–H and O–H groups in total. The zero-order chi connectivity index (χ0) is 21.9. The van der Waals surface area contributed by atoms with Crippen molar-refractivity contribution in [2.24, 2.45) is 7.05 Å². The summed E-state index contributed by atoms with van der Waals surface area (Å²) in [5.74, 6) is 1.91. The van der Waals surface area contributed by atoms with Gasteiger partial charge in [0.2, 0.25) is 5.56 Å². The highest BCUT2D eigenvalue weighted by atomic mass is 16.5. The molecule has 0 atom stereocenters. The van der Waals surface area contributed by atoms with Crippen LogP contribution in [-0.4, -0.2) is 63.7 Å². The minimum Gasteiger partial charge on any atom is -0.492 e. The van der Waals surface area contributed by atoms with Gasteiger partial charge in [-0.3, -0.25) is 14.6 Å². The average molecular weight is 432 g/mol. The number of aromatic amines is 1. The van der Waals surface area contributed by atoms with Crippen LogP contribution in [0.1, 0.15) is 12.2 Å². The van der Waals surface area contributed by atoms with Crippen LogP contribution in [-0.2, 0) is 13.6 Å². The number of rotatable bonds is 6. The number of pyridine rings is 1. The summed E-state index contributed by atoms with van der Waals surface area (Å²) in [6.45, 7) is 6.62. The van der Waals surface area contributed by atoms with Crippen LogP contribution in [0.2, 0.25) is 0 Å². The fraction of sp³-hybridized carbons (Fsp3) is 0.360. The van der Waals surface area contributed by atoms with E-state index in [9.17, 15) is 4.79 Å². The summed E-state index contributed by atoms with van der Waals surface area (Å²) in [6.07, 6.45) is 1.14. The molecule has 0 unspecified atom stereocenters. The summed E-state index contributed by atoms with van der Waals surface area (Å²) >= 11 is 0. The van der Waals surface area contributed by atoms with E-state index < -0.39 is 0 Å². The van der Waals surface area contributed by atoms with Gasteiger partial charge in [0, 0.05) is 38.8 Å². The molecule has 7 nitrogen and oxygen atoms in total. The Morgan fingerprint density at radius 2 is 1.81 bits per heavy atom. The van der Waals surface area contributed by atoms with E-state index in [1.54, 1.807) is 6.07 Å². The van der Waals surface area contributed by atoms with E-state index in [4.69, 9.17) is 9.72 Å². The minimum atomic E-state index is -0.0950. The van der Waals surface area contributed by atoms with Crippen molar-refractivity contribution in [3.8, 4) is 5.75 Å². The van der Waals surface area contributed by atoms with E-state index in [2.05, 4.69) is 44.6 Å². The number of para-hydroxylation sites is 2. The Morgan fingerprint density at radius 1 is 1.00 bits per heavy atom. The van der Waals surface area contributed by atoms with Gasteiger partial charge in [0.15, 0.2) is 0 Å². The van der Waals surface area contributed by atoms with E-state index >= 15 is 0 Å². The molecular formula is C25H29N5O2. The van der Waals surface area contributed by atoms with Crippen LogP contribution in [0, 0.1) is 0 Å². The molecule has 1 saturated heterocycles. The van der Waals surface area contributed by atoms with Crippen molar-refractivity contribution in [2.75, 3.05) is 39.3 Å². The third-order valence-electron chi connectivity index (χ3n) is 6.30. The van der Waals surface area contributed by atoms with Crippen LogP contribution >= 0.6 is 0 Å². The minimum absolute atomic E-state index is 0.0950. The molecule has 7 heteroatoms. The number of aryl methyl sites for hydroxylation is 1. The maximum Gasteiger partial charge on any atom is 0.248 e. The lowest BCUT2D eigenvalue weighted by molar-refractivity contribution is 0.206. The molecule has 0 amide bonds. The van der Waals surface area contributed by atoms with E-state index in [-0.39, 0.29) is 5.56 Å². The Bertz CT molecular complexity index is 1280. The number of benzene rings is 2. The van der Waals surface area contributed by atoms with Crippen LogP contribution in [0.15, 0.2) is 59.4 Å². The van der Waals surface area contributed by atoms with Crippen LogP contribution in [0.4, 0.5) is 0 Å². The molecule has 0 saturated carbocycles. The molecule has 0 radical (unpaired) electrons. The predicted octanol–water partition coefficient (Wildman–Crippen LogP) is 3.00. The highest BCUT2D eigenvalue weighted by Crippen LogP contribution is 2.19. The lowest BCUT2D eigenvalue weighted by Gasteiger charge is -2.21. The number of nitrogens with zero attached hydrogens (tertiary/aromatic N) is 4. The normalized spacial score (nSPS) is 15.9. The van der Waals surface area contributed by atoms with Crippen molar-refractivity contribution in [1.29, 1.82) is 0 Å². The van der Waals surface area contributed by atoms with Crippen molar-refractivity contribution >= 4 is 21.9 Å². The van der Waals surface area contributed by atoms with Crippen molar-refractivity contribution in [3.63, 3.8) is 0 Å². The molecule has 5 rings (SSSR count). The third kappa shape index (κ3) is 4.54. The topological polar surface area (TPSA) is 66.4 Å². The number of hydrogen-bond acceptors (Lipinski definition) is 5. The summed E-state index contributed by atoms with van der Waals surface area (Å²) < 4.78 is 8.19. The second kappa shape index (κ2) is 9.14. The molecule has 1 aliphatic rings. The lowest BCUT2D eigenvalue weighted by Crippen LogP contribution is -2.33. The Kier molecular flexibility index (Phi) is 5.92. The van der Waals surface area contributed by atoms with Gasteiger partial charge in [-0.05, 0) is 55.2 Å². The monoisotopic (exact) mass is 431 g/mol. The Labute approximate surface area is 187 Å². The third-order valence-corrected chi connectivity index (χ3v) is 6.30. The molecule has 1 aliphatic heterocycles. The average Bonchev–Trinajstić information content (AvgIpc) is 2.95. The van der Waals surface area contributed by atoms with Gasteiger partial charge in [-0.25, -0.2) is 4.98 Å².